The minimum atomic E-state index is -3.66. The number of nitrogens with zero attached hydrogens (tertiary/aromatic N) is 1. The normalized spacial score (nSPS) is 11.4. The molecule has 0 saturated carbocycles. The third kappa shape index (κ3) is 5.75. The van der Waals surface area contributed by atoms with Crippen LogP contribution in [0.4, 0.5) is 0 Å². The van der Waals surface area contributed by atoms with Gasteiger partial charge in [0.05, 0.1) is 11.4 Å². The molecule has 0 amide bonds. The molecule has 144 valence electrons. The number of aryl methyl sites for hydroxylation is 1. The molecular formula is C20H24N2O3S2. The number of ether oxygens (including phenoxy) is 1. The molecule has 7 heteroatoms. The standard InChI is InChI=1S/C20H24N2O3S2/c1-6-11-21-27(23,24)18-8-9-19(16(13-18)14-22(3)4)25-17-7-10-20(26-5)15(2)12-17/h1,7-10,12-13,21H,11,14H2,2-5H3. The van der Waals surface area contributed by atoms with Crippen LogP contribution in [0.3, 0.4) is 0 Å². The highest BCUT2D eigenvalue weighted by molar-refractivity contribution is 7.98. The summed E-state index contributed by atoms with van der Waals surface area (Å²) in [5, 5.41) is 0. The second-order valence-corrected chi connectivity index (χ2v) is 8.88. The van der Waals surface area contributed by atoms with Gasteiger partial charge >= 0.3 is 0 Å². The summed E-state index contributed by atoms with van der Waals surface area (Å²) >= 11 is 1.68. The van der Waals surface area contributed by atoms with Crippen LogP contribution in [0.2, 0.25) is 0 Å². The lowest BCUT2D eigenvalue weighted by molar-refractivity contribution is 0.388. The lowest BCUT2D eigenvalue weighted by Gasteiger charge is -2.17. The maximum atomic E-state index is 12.4. The van der Waals surface area contributed by atoms with Gasteiger partial charge in [-0.1, -0.05) is 5.92 Å². The van der Waals surface area contributed by atoms with E-state index in [1.165, 1.54) is 11.0 Å². The van der Waals surface area contributed by atoms with E-state index in [4.69, 9.17) is 11.2 Å². The molecule has 0 heterocycles. The van der Waals surface area contributed by atoms with Crippen LogP contribution in [0, 0.1) is 19.3 Å². The van der Waals surface area contributed by atoms with Crippen molar-refractivity contribution in [1.82, 2.24) is 9.62 Å². The van der Waals surface area contributed by atoms with Crippen LogP contribution < -0.4 is 9.46 Å². The maximum Gasteiger partial charge on any atom is 0.241 e. The van der Waals surface area contributed by atoms with Gasteiger partial charge in [-0.2, -0.15) is 4.72 Å². The first-order valence-corrected chi connectivity index (χ1v) is 11.0. The molecule has 0 saturated heterocycles. The van der Waals surface area contributed by atoms with Gasteiger partial charge in [0.2, 0.25) is 10.0 Å². The lowest BCUT2D eigenvalue weighted by atomic mass is 10.2. The molecule has 0 aliphatic carbocycles. The van der Waals surface area contributed by atoms with E-state index < -0.39 is 10.0 Å². The molecule has 0 aliphatic heterocycles. The van der Waals surface area contributed by atoms with Gasteiger partial charge < -0.3 is 9.64 Å². The van der Waals surface area contributed by atoms with Crippen molar-refractivity contribution in [1.29, 1.82) is 0 Å². The summed E-state index contributed by atoms with van der Waals surface area (Å²) in [5.74, 6) is 3.61. The average molecular weight is 405 g/mol. The Bertz CT molecular complexity index is 948. The first-order valence-electron chi connectivity index (χ1n) is 8.30. The Kier molecular flexibility index (Phi) is 7.33. The maximum absolute atomic E-state index is 12.4. The van der Waals surface area contributed by atoms with Crippen LogP contribution in [0.1, 0.15) is 11.1 Å². The Morgan fingerprint density at radius 1 is 1.22 bits per heavy atom. The summed E-state index contributed by atoms with van der Waals surface area (Å²) in [6.07, 6.45) is 7.18. The summed E-state index contributed by atoms with van der Waals surface area (Å²) in [6, 6.07) is 10.7. The number of rotatable bonds is 8. The number of benzene rings is 2. The molecule has 5 nitrogen and oxygen atoms in total. The van der Waals surface area contributed by atoms with Gasteiger partial charge in [-0.05, 0) is 69.2 Å². The molecule has 0 spiro atoms. The minimum Gasteiger partial charge on any atom is -0.457 e. The smallest absolute Gasteiger partial charge is 0.241 e. The van der Waals surface area contributed by atoms with E-state index in [0.29, 0.717) is 18.0 Å². The van der Waals surface area contributed by atoms with Crippen molar-refractivity contribution in [3.63, 3.8) is 0 Å². The zero-order chi connectivity index (χ0) is 20.0. The van der Waals surface area contributed by atoms with Crippen LogP contribution in [0.25, 0.3) is 0 Å². The summed E-state index contributed by atoms with van der Waals surface area (Å²) < 4.78 is 33.1. The van der Waals surface area contributed by atoms with Crippen LogP contribution in [-0.2, 0) is 16.6 Å². The highest BCUT2D eigenvalue weighted by atomic mass is 32.2. The Labute approximate surface area is 166 Å². The number of terminal acetylenes is 1. The van der Waals surface area contributed by atoms with Crippen molar-refractivity contribution < 1.29 is 13.2 Å². The molecule has 0 aromatic heterocycles. The SMILES string of the molecule is C#CCNS(=O)(=O)c1ccc(Oc2ccc(SC)c(C)c2)c(CN(C)C)c1. The van der Waals surface area contributed by atoms with Crippen LogP contribution in [0.5, 0.6) is 11.5 Å². The summed E-state index contributed by atoms with van der Waals surface area (Å²) in [6.45, 7) is 2.52. The Hall–Kier alpha value is -1.98. The van der Waals surface area contributed by atoms with Crippen molar-refractivity contribution in [2.45, 2.75) is 23.3 Å². The van der Waals surface area contributed by atoms with Gasteiger partial charge in [-0.3, -0.25) is 0 Å². The minimum absolute atomic E-state index is 0.0509. The molecule has 0 bridgehead atoms. The highest BCUT2D eigenvalue weighted by Crippen LogP contribution is 2.31. The Morgan fingerprint density at radius 3 is 2.56 bits per heavy atom. The summed E-state index contributed by atoms with van der Waals surface area (Å²) in [5.41, 5.74) is 1.90. The summed E-state index contributed by atoms with van der Waals surface area (Å²) in [7, 11) is 0.176. The fraction of sp³-hybridized carbons (Fsp3) is 0.300. The topological polar surface area (TPSA) is 58.6 Å². The molecule has 2 aromatic carbocycles. The molecule has 1 N–H and O–H groups in total. The van der Waals surface area contributed by atoms with E-state index in [2.05, 4.69) is 10.6 Å². The fourth-order valence-corrected chi connectivity index (χ4v) is 4.12. The molecule has 2 aromatic rings. The zero-order valence-corrected chi connectivity index (χ0v) is 17.6. The number of hydrogen-bond donors (Lipinski definition) is 1. The van der Waals surface area contributed by atoms with Crippen molar-refractivity contribution >= 4 is 21.8 Å². The van der Waals surface area contributed by atoms with Crippen molar-refractivity contribution in [2.24, 2.45) is 0 Å². The molecule has 0 radical (unpaired) electrons. The van der Waals surface area contributed by atoms with Gasteiger partial charge in [0.25, 0.3) is 0 Å². The van der Waals surface area contributed by atoms with Gasteiger partial charge in [0, 0.05) is 17.0 Å². The molecule has 0 unspecified atom stereocenters. The first-order chi connectivity index (χ1) is 12.8. The number of nitrogens with one attached hydrogen (secondary N) is 1. The zero-order valence-electron chi connectivity index (χ0n) is 15.9. The van der Waals surface area contributed by atoms with E-state index in [0.717, 1.165) is 11.1 Å². The molecule has 0 aliphatic rings. The lowest BCUT2D eigenvalue weighted by Crippen LogP contribution is -2.24. The predicted molar refractivity (Wildman–Crippen MR) is 111 cm³/mol. The second-order valence-electron chi connectivity index (χ2n) is 6.27. The van der Waals surface area contributed by atoms with Crippen LogP contribution in [0.15, 0.2) is 46.2 Å². The largest absolute Gasteiger partial charge is 0.457 e. The number of sulfonamides is 1. The van der Waals surface area contributed by atoms with E-state index >= 15 is 0 Å². The van der Waals surface area contributed by atoms with Crippen molar-refractivity contribution in [3.8, 4) is 23.8 Å². The average Bonchev–Trinajstić information content (AvgIpc) is 2.61. The van der Waals surface area contributed by atoms with Gasteiger partial charge in [0.15, 0.2) is 0 Å². The molecule has 2 rings (SSSR count). The first kappa shape index (κ1) is 21.3. The third-order valence-electron chi connectivity index (χ3n) is 3.79. The predicted octanol–water partition coefficient (Wildman–Crippen LogP) is 3.48. The van der Waals surface area contributed by atoms with Crippen molar-refractivity contribution in [2.75, 3.05) is 26.9 Å². The number of hydrogen-bond acceptors (Lipinski definition) is 5. The van der Waals surface area contributed by atoms with Crippen LogP contribution in [-0.4, -0.2) is 40.2 Å². The van der Waals surface area contributed by atoms with E-state index in [1.807, 2.05) is 50.4 Å². The van der Waals surface area contributed by atoms with E-state index in [9.17, 15) is 8.42 Å². The molecular weight excluding hydrogens is 380 g/mol. The fourth-order valence-electron chi connectivity index (χ4n) is 2.55. The van der Waals surface area contributed by atoms with Gasteiger partial charge in [-0.15, -0.1) is 18.2 Å². The van der Waals surface area contributed by atoms with E-state index in [1.54, 1.807) is 23.9 Å². The van der Waals surface area contributed by atoms with Crippen LogP contribution >= 0.6 is 11.8 Å². The van der Waals surface area contributed by atoms with Crippen molar-refractivity contribution in [3.05, 3.63) is 47.5 Å². The van der Waals surface area contributed by atoms with Gasteiger partial charge in [-0.25, -0.2) is 8.42 Å². The quantitative estimate of drug-likeness (QED) is 0.539. The van der Waals surface area contributed by atoms with Gasteiger partial charge in [0.1, 0.15) is 11.5 Å². The van der Waals surface area contributed by atoms with E-state index in [-0.39, 0.29) is 11.4 Å². The Morgan fingerprint density at radius 2 is 1.96 bits per heavy atom. The molecule has 0 atom stereocenters. The highest BCUT2D eigenvalue weighted by Gasteiger charge is 2.17. The monoisotopic (exact) mass is 404 g/mol. The number of thioether (sulfide) groups is 1. The second kappa shape index (κ2) is 9.29. The third-order valence-corrected chi connectivity index (χ3v) is 6.08. The molecule has 27 heavy (non-hydrogen) atoms. The Balaban J connectivity index is 2.38. The molecule has 0 fully saturated rings. The summed E-state index contributed by atoms with van der Waals surface area (Å²) in [4.78, 5) is 3.31.